The van der Waals surface area contributed by atoms with Crippen LogP contribution in [0.25, 0.3) is 0 Å². The van der Waals surface area contributed by atoms with Gasteiger partial charge >= 0.3 is 0 Å². The monoisotopic (exact) mass is 621 g/mol. The number of hydrogen-bond donors (Lipinski definition) is 2. The molecule has 0 amide bonds. The van der Waals surface area contributed by atoms with E-state index < -0.39 is 0 Å². The van der Waals surface area contributed by atoms with Crippen molar-refractivity contribution in [2.24, 2.45) is 9.98 Å². The maximum Gasteiger partial charge on any atom is 0.128 e. The number of aliphatic imine (C=N–C) groups is 2. The van der Waals surface area contributed by atoms with Crippen molar-refractivity contribution in [2.45, 2.75) is 150 Å². The van der Waals surface area contributed by atoms with Crippen LogP contribution in [0, 0.1) is 0 Å². The number of benzene rings is 2. The van der Waals surface area contributed by atoms with E-state index in [0.29, 0.717) is 11.5 Å². The van der Waals surface area contributed by atoms with Crippen LogP contribution in [0.2, 0.25) is 0 Å². The molecule has 0 bridgehead atoms. The molecule has 5 heteroatoms. The first-order valence-corrected chi connectivity index (χ1v) is 15.0. The molecule has 1 radical (unpaired) electrons. The molecule has 1 saturated carbocycles. The summed E-state index contributed by atoms with van der Waals surface area (Å²) in [6.07, 6.45) is 7.90. The van der Waals surface area contributed by atoms with Gasteiger partial charge in [-0.15, -0.1) is 0 Å². The average molecular weight is 622 g/mol. The van der Waals surface area contributed by atoms with Gasteiger partial charge in [-0.3, -0.25) is 9.98 Å². The van der Waals surface area contributed by atoms with Crippen LogP contribution in [-0.2, 0) is 38.4 Å². The van der Waals surface area contributed by atoms with Gasteiger partial charge in [0.1, 0.15) is 11.5 Å². The smallest absolute Gasteiger partial charge is 0.128 e. The van der Waals surface area contributed by atoms with E-state index >= 15 is 0 Å². The minimum absolute atomic E-state index is 0. The molecule has 0 spiro atoms. The molecule has 1 aliphatic carbocycles. The summed E-state index contributed by atoms with van der Waals surface area (Å²) in [7, 11) is 0. The first kappa shape index (κ1) is 37.9. The quantitative estimate of drug-likeness (QED) is 0.334. The van der Waals surface area contributed by atoms with Gasteiger partial charge in [-0.2, -0.15) is 0 Å². The third-order valence-electron chi connectivity index (χ3n) is 8.13. The molecule has 0 aromatic heterocycles. The van der Waals surface area contributed by atoms with Crippen molar-refractivity contribution in [1.29, 1.82) is 0 Å². The number of phenolic OH excluding ortho intramolecular Hbond substituents is 2. The Morgan fingerprint density at radius 3 is 1.14 bits per heavy atom. The summed E-state index contributed by atoms with van der Waals surface area (Å²) in [5.74, 6) is 0.637. The summed E-state index contributed by atoms with van der Waals surface area (Å²) in [6.45, 7) is 26.0. The van der Waals surface area contributed by atoms with Crippen molar-refractivity contribution in [2.75, 3.05) is 0 Å². The largest absolute Gasteiger partial charge is 0.507 e. The fourth-order valence-corrected chi connectivity index (χ4v) is 5.31. The zero-order chi connectivity index (χ0) is 30.3. The molecule has 2 aromatic rings. The molecule has 0 aliphatic heterocycles. The molecule has 237 valence electrons. The van der Waals surface area contributed by atoms with Crippen LogP contribution in [0.1, 0.15) is 150 Å². The molecular weight excluding hydrogens is 563 g/mol. The molecule has 0 unspecified atom stereocenters. The van der Waals surface area contributed by atoms with Crippen molar-refractivity contribution in [3.63, 3.8) is 0 Å². The number of rotatable bonds is 4. The fourth-order valence-electron chi connectivity index (χ4n) is 5.31. The van der Waals surface area contributed by atoms with Crippen LogP contribution in [0.5, 0.6) is 11.5 Å². The van der Waals surface area contributed by atoms with Crippen LogP contribution in [-0.4, -0.2) is 34.7 Å². The van der Waals surface area contributed by atoms with Gasteiger partial charge in [-0.05, 0) is 57.8 Å². The van der Waals surface area contributed by atoms with E-state index in [2.05, 4.69) is 107 Å². The number of aromatic hydroxyl groups is 2. The van der Waals surface area contributed by atoms with Gasteiger partial charge < -0.3 is 10.2 Å². The summed E-state index contributed by atoms with van der Waals surface area (Å²) in [5, 5.41) is 22.5. The minimum atomic E-state index is -0.179. The van der Waals surface area contributed by atoms with Gasteiger partial charge in [0, 0.05) is 51.5 Å². The molecule has 1 fully saturated rings. The van der Waals surface area contributed by atoms with Crippen molar-refractivity contribution < 1.29 is 27.0 Å². The summed E-state index contributed by atoms with van der Waals surface area (Å²) in [6, 6.07) is 8.53. The standard InChI is InChI=1S/C36H54N2O2.CH4.Co/c1-33(2,3)25-17-23(31(39)27(19-25)35(7,8)9)21-37-29-15-13-14-16-30(29)38-22-24-18-26(34(4,5)6)20-28(32(24)40)36(10,11)12;;/h17-22,29-30,39-40H,13-16H2,1-12H3;1H4;/t29-,30-;;/m0../s1. The molecule has 2 aromatic carbocycles. The average Bonchev–Trinajstić information content (AvgIpc) is 2.80. The molecule has 2 N–H and O–H groups in total. The Bertz CT molecular complexity index is 1170. The zero-order valence-electron chi connectivity index (χ0n) is 27.6. The summed E-state index contributed by atoms with van der Waals surface area (Å²) in [4.78, 5) is 10.1. The van der Waals surface area contributed by atoms with Gasteiger partial charge in [-0.1, -0.05) is 115 Å². The Morgan fingerprint density at radius 1 is 0.571 bits per heavy atom. The minimum Gasteiger partial charge on any atom is -0.507 e. The van der Waals surface area contributed by atoms with E-state index in [1.165, 1.54) is 11.1 Å². The van der Waals surface area contributed by atoms with Crippen LogP contribution in [0.3, 0.4) is 0 Å². The summed E-state index contributed by atoms with van der Waals surface area (Å²) >= 11 is 0. The third kappa shape index (κ3) is 9.19. The third-order valence-corrected chi connectivity index (χ3v) is 8.13. The number of phenols is 2. The van der Waals surface area contributed by atoms with Crippen molar-refractivity contribution >= 4 is 12.4 Å². The molecular formula is C37H58CoN2O2. The number of nitrogens with zero attached hydrogens (tertiary/aromatic N) is 2. The van der Waals surface area contributed by atoms with Crippen molar-refractivity contribution in [1.82, 2.24) is 0 Å². The second-order valence-corrected chi connectivity index (χ2v) is 15.9. The Labute approximate surface area is 267 Å². The van der Waals surface area contributed by atoms with E-state index in [1.807, 2.05) is 12.4 Å². The second kappa shape index (κ2) is 13.7. The maximum absolute atomic E-state index is 11.2. The first-order valence-electron chi connectivity index (χ1n) is 15.0. The zero-order valence-corrected chi connectivity index (χ0v) is 28.6. The number of hydrogen-bond acceptors (Lipinski definition) is 4. The van der Waals surface area contributed by atoms with Crippen LogP contribution in [0.15, 0.2) is 34.3 Å². The van der Waals surface area contributed by atoms with E-state index in [9.17, 15) is 10.2 Å². The van der Waals surface area contributed by atoms with E-state index in [4.69, 9.17) is 9.98 Å². The van der Waals surface area contributed by atoms with Gasteiger partial charge in [0.2, 0.25) is 0 Å². The fraction of sp³-hybridized carbons (Fsp3) is 0.622. The predicted molar refractivity (Wildman–Crippen MR) is 179 cm³/mol. The Hall–Kier alpha value is -2.11. The van der Waals surface area contributed by atoms with E-state index in [1.54, 1.807) is 0 Å². The molecule has 4 nitrogen and oxygen atoms in total. The molecule has 1 aliphatic rings. The van der Waals surface area contributed by atoms with E-state index in [0.717, 1.165) is 47.9 Å². The molecule has 0 heterocycles. The summed E-state index contributed by atoms with van der Waals surface area (Å²) in [5.41, 5.74) is 5.39. The van der Waals surface area contributed by atoms with Gasteiger partial charge in [0.05, 0.1) is 12.1 Å². The Balaban J connectivity index is 0.00000441. The van der Waals surface area contributed by atoms with Gasteiger partial charge in [0.15, 0.2) is 0 Å². The Kier molecular flexibility index (Phi) is 12.3. The van der Waals surface area contributed by atoms with Crippen molar-refractivity contribution in [3.05, 3.63) is 57.6 Å². The van der Waals surface area contributed by atoms with Gasteiger partial charge in [-0.25, -0.2) is 0 Å². The topological polar surface area (TPSA) is 65.2 Å². The summed E-state index contributed by atoms with van der Waals surface area (Å²) < 4.78 is 0. The normalized spacial score (nSPS) is 18.7. The molecule has 0 saturated heterocycles. The molecule has 42 heavy (non-hydrogen) atoms. The van der Waals surface area contributed by atoms with E-state index in [-0.39, 0.29) is 57.9 Å². The van der Waals surface area contributed by atoms with Crippen LogP contribution >= 0.6 is 0 Å². The maximum atomic E-state index is 11.2. The van der Waals surface area contributed by atoms with Crippen molar-refractivity contribution in [3.8, 4) is 11.5 Å². The second-order valence-electron chi connectivity index (χ2n) is 15.9. The van der Waals surface area contributed by atoms with Crippen LogP contribution < -0.4 is 0 Å². The van der Waals surface area contributed by atoms with Crippen LogP contribution in [0.4, 0.5) is 0 Å². The first-order chi connectivity index (χ1) is 18.2. The Morgan fingerprint density at radius 2 is 0.881 bits per heavy atom. The molecule has 3 rings (SSSR count). The molecule has 2 atom stereocenters. The predicted octanol–water partition coefficient (Wildman–Crippen LogP) is 9.77. The van der Waals surface area contributed by atoms with Gasteiger partial charge in [0.25, 0.3) is 0 Å². The SMILES string of the molecule is C.CC(C)(C)c1cc(C=N[C@H]2CCCC[C@@H]2N=Cc2cc(C(C)(C)C)cc(C(C)(C)C)c2O)c(O)c(C(C)(C)C)c1.[Co].